The number of hydrogen-bond acceptors (Lipinski definition) is 5. The van der Waals surface area contributed by atoms with Crippen molar-refractivity contribution in [3.8, 4) is 16.9 Å². The Morgan fingerprint density at radius 1 is 0.846 bits per heavy atom. The van der Waals surface area contributed by atoms with Crippen LogP contribution in [-0.2, 0) is 23.1 Å². The third kappa shape index (κ3) is 5.31. The summed E-state index contributed by atoms with van der Waals surface area (Å²) in [6, 6.07) is 28.0. The van der Waals surface area contributed by atoms with Gasteiger partial charge in [0.05, 0.1) is 12.0 Å². The first kappa shape index (κ1) is 26.6. The molecule has 1 aromatic heterocycles. The van der Waals surface area contributed by atoms with Crippen molar-refractivity contribution in [2.45, 2.75) is 18.0 Å². The summed E-state index contributed by atoms with van der Waals surface area (Å²) in [5, 5.41) is 2.86. The Hall–Kier alpha value is -3.98. The van der Waals surface area contributed by atoms with Crippen LogP contribution in [0.4, 0.5) is 0 Å². The fraction of sp³-hybridized carbons (Fsp3) is 0.194. The van der Waals surface area contributed by atoms with Crippen LogP contribution in [0.3, 0.4) is 0 Å². The van der Waals surface area contributed by atoms with E-state index in [4.69, 9.17) is 4.74 Å². The Kier molecular flexibility index (Phi) is 7.52. The largest absolute Gasteiger partial charge is 0.497 e. The lowest BCUT2D eigenvalue weighted by Crippen LogP contribution is -2.34. The van der Waals surface area contributed by atoms with Gasteiger partial charge in [-0.05, 0) is 49.3 Å². The van der Waals surface area contributed by atoms with Crippen LogP contribution in [0.15, 0.2) is 101 Å². The summed E-state index contributed by atoms with van der Waals surface area (Å²) in [5.41, 5.74) is 2.53. The van der Waals surface area contributed by atoms with Crippen molar-refractivity contribution in [1.82, 2.24) is 14.2 Å². The quantitative estimate of drug-likeness (QED) is 0.288. The molecule has 4 aromatic carbocycles. The molecule has 0 saturated carbocycles. The molecule has 39 heavy (non-hydrogen) atoms. The smallest absolute Gasteiger partial charge is 0.258 e. The molecule has 0 aliphatic carbocycles. The number of nitrogens with one attached hydrogen (secondary N) is 1. The molecule has 0 aliphatic rings. The summed E-state index contributed by atoms with van der Waals surface area (Å²) in [5.74, 6) is 0.662. The van der Waals surface area contributed by atoms with Crippen LogP contribution in [0.2, 0.25) is 0 Å². The molecule has 0 unspecified atom stereocenters. The fourth-order valence-corrected chi connectivity index (χ4v) is 6.28. The number of ether oxygens (including phenoxy) is 1. The van der Waals surface area contributed by atoms with Crippen molar-refractivity contribution in [3.63, 3.8) is 0 Å². The number of rotatable bonds is 9. The lowest BCUT2D eigenvalue weighted by molar-refractivity contribution is 0.385. The highest BCUT2D eigenvalue weighted by atomic mass is 32.2. The van der Waals surface area contributed by atoms with Gasteiger partial charge in [-0.2, -0.15) is 0 Å². The van der Waals surface area contributed by atoms with Crippen LogP contribution in [0.5, 0.6) is 5.75 Å². The first-order valence-electron chi connectivity index (χ1n) is 12.7. The Bertz CT molecular complexity index is 1810. The minimum atomic E-state index is -3.81. The van der Waals surface area contributed by atoms with Gasteiger partial charge in [-0.25, -0.2) is 13.1 Å². The summed E-state index contributed by atoms with van der Waals surface area (Å²) in [6.45, 7) is 0.721. The van der Waals surface area contributed by atoms with Gasteiger partial charge in [0, 0.05) is 47.1 Å². The molecule has 0 bridgehead atoms. The summed E-state index contributed by atoms with van der Waals surface area (Å²) in [7, 11) is 1.69. The molecule has 0 atom stereocenters. The zero-order valence-corrected chi connectivity index (χ0v) is 23.0. The normalized spacial score (nSPS) is 11.9. The maximum Gasteiger partial charge on any atom is 0.258 e. The van der Waals surface area contributed by atoms with Crippen LogP contribution in [0.25, 0.3) is 32.7 Å². The van der Waals surface area contributed by atoms with E-state index >= 15 is 0 Å². The number of aromatic nitrogens is 1. The minimum Gasteiger partial charge on any atom is -0.497 e. The van der Waals surface area contributed by atoms with E-state index in [0.29, 0.717) is 23.1 Å². The number of sulfonamides is 1. The van der Waals surface area contributed by atoms with Gasteiger partial charge in [0.1, 0.15) is 5.75 Å². The van der Waals surface area contributed by atoms with Crippen molar-refractivity contribution in [2.24, 2.45) is 0 Å². The lowest BCUT2D eigenvalue weighted by atomic mass is 9.96. The molecule has 8 heteroatoms. The molecule has 0 saturated heterocycles. The van der Waals surface area contributed by atoms with Gasteiger partial charge in [0.15, 0.2) is 0 Å². The monoisotopic (exact) mass is 541 g/mol. The average molecular weight is 542 g/mol. The van der Waals surface area contributed by atoms with Gasteiger partial charge in [0.2, 0.25) is 10.0 Å². The molecule has 0 aliphatic heterocycles. The number of fused-ring (bicyclic) bond motifs is 2. The maximum absolute atomic E-state index is 13.8. The molecule has 7 nitrogen and oxygen atoms in total. The van der Waals surface area contributed by atoms with E-state index < -0.39 is 10.0 Å². The predicted octanol–water partition coefficient (Wildman–Crippen LogP) is 4.87. The Balaban J connectivity index is 1.60. The van der Waals surface area contributed by atoms with Gasteiger partial charge in [-0.3, -0.25) is 4.79 Å². The molecule has 0 fully saturated rings. The Labute approximate surface area is 228 Å². The third-order valence-corrected chi connectivity index (χ3v) is 8.30. The highest BCUT2D eigenvalue weighted by Crippen LogP contribution is 2.33. The van der Waals surface area contributed by atoms with Crippen LogP contribution in [-0.4, -0.2) is 45.6 Å². The average Bonchev–Trinajstić information content (AvgIpc) is 2.94. The molecule has 1 heterocycles. The van der Waals surface area contributed by atoms with Crippen molar-refractivity contribution in [2.75, 3.05) is 27.7 Å². The molecule has 0 radical (unpaired) electrons. The molecule has 0 amide bonds. The van der Waals surface area contributed by atoms with Gasteiger partial charge < -0.3 is 14.2 Å². The Morgan fingerprint density at radius 2 is 1.56 bits per heavy atom. The summed E-state index contributed by atoms with van der Waals surface area (Å²) in [6.07, 6.45) is 0. The third-order valence-electron chi connectivity index (χ3n) is 6.78. The molecule has 0 spiro atoms. The van der Waals surface area contributed by atoms with E-state index in [1.165, 1.54) is 0 Å². The molecule has 5 aromatic rings. The lowest BCUT2D eigenvalue weighted by Gasteiger charge is -2.23. The van der Waals surface area contributed by atoms with E-state index in [1.54, 1.807) is 42.0 Å². The summed E-state index contributed by atoms with van der Waals surface area (Å²) >= 11 is 0. The van der Waals surface area contributed by atoms with E-state index in [-0.39, 0.29) is 23.5 Å². The van der Waals surface area contributed by atoms with Crippen LogP contribution >= 0.6 is 0 Å². The highest BCUT2D eigenvalue weighted by molar-refractivity contribution is 7.89. The predicted molar refractivity (Wildman–Crippen MR) is 157 cm³/mol. The van der Waals surface area contributed by atoms with Gasteiger partial charge in [-0.1, -0.05) is 66.7 Å². The van der Waals surface area contributed by atoms with E-state index in [1.807, 2.05) is 79.7 Å². The highest BCUT2D eigenvalue weighted by Gasteiger charge is 2.21. The zero-order valence-electron chi connectivity index (χ0n) is 22.2. The molecular formula is C31H31N3O4S. The molecular weight excluding hydrogens is 510 g/mol. The summed E-state index contributed by atoms with van der Waals surface area (Å²) < 4.78 is 36.6. The SMILES string of the molecule is COc1ccc2c(=O)n(CCNS(=O)(=O)c3cccc4ccccc34)c(CN(C)C)c(-c3ccccc3)c2c1. The zero-order chi connectivity index (χ0) is 27.6. The second-order valence-electron chi connectivity index (χ2n) is 9.67. The van der Waals surface area contributed by atoms with E-state index in [2.05, 4.69) is 4.72 Å². The number of nitrogens with zero attached hydrogens (tertiary/aromatic N) is 2. The first-order valence-corrected chi connectivity index (χ1v) is 14.2. The van der Waals surface area contributed by atoms with Crippen molar-refractivity contribution >= 4 is 31.6 Å². The second-order valence-corrected chi connectivity index (χ2v) is 11.4. The fourth-order valence-electron chi connectivity index (χ4n) is 5.03. The number of benzene rings is 4. The van der Waals surface area contributed by atoms with Crippen LogP contribution in [0.1, 0.15) is 5.69 Å². The number of pyridine rings is 1. The van der Waals surface area contributed by atoms with Gasteiger partial charge in [-0.15, -0.1) is 0 Å². The summed E-state index contributed by atoms with van der Waals surface area (Å²) in [4.78, 5) is 16.1. The van der Waals surface area contributed by atoms with Crippen molar-refractivity contribution in [3.05, 3.63) is 107 Å². The number of methoxy groups -OCH3 is 1. The van der Waals surface area contributed by atoms with Crippen molar-refractivity contribution in [1.29, 1.82) is 0 Å². The molecule has 5 rings (SSSR count). The molecule has 200 valence electrons. The van der Waals surface area contributed by atoms with Crippen molar-refractivity contribution < 1.29 is 13.2 Å². The number of hydrogen-bond donors (Lipinski definition) is 1. The second kappa shape index (κ2) is 11.0. The maximum atomic E-state index is 13.8. The van der Waals surface area contributed by atoms with E-state index in [9.17, 15) is 13.2 Å². The molecule has 1 N–H and O–H groups in total. The van der Waals surface area contributed by atoms with Crippen LogP contribution in [0, 0.1) is 0 Å². The Morgan fingerprint density at radius 3 is 2.31 bits per heavy atom. The van der Waals surface area contributed by atoms with Gasteiger partial charge >= 0.3 is 0 Å². The first-order chi connectivity index (χ1) is 18.8. The van der Waals surface area contributed by atoms with Crippen LogP contribution < -0.4 is 15.0 Å². The standard InChI is InChI=1S/C31H31N3O4S/c1-33(2)21-28-30(23-11-5-4-6-12-23)27-20-24(38-3)16-17-26(27)31(35)34(28)19-18-32-39(36,37)29-15-9-13-22-10-7-8-14-25(22)29/h4-17,20,32H,18-19,21H2,1-3H3. The minimum absolute atomic E-state index is 0.0573. The topological polar surface area (TPSA) is 80.6 Å². The van der Waals surface area contributed by atoms with Gasteiger partial charge in [0.25, 0.3) is 5.56 Å². The van der Waals surface area contributed by atoms with E-state index in [0.717, 1.165) is 27.6 Å².